The van der Waals surface area contributed by atoms with Gasteiger partial charge in [0.1, 0.15) is 16.9 Å². The molecule has 0 saturated heterocycles. The number of benzene rings is 2. The van der Waals surface area contributed by atoms with Crippen molar-refractivity contribution in [2.75, 3.05) is 14.2 Å². The number of hydrogen-bond acceptors (Lipinski definition) is 4. The molecular formula is C25H27ClN2O3. The highest BCUT2D eigenvalue weighted by molar-refractivity contribution is 6.30. The van der Waals surface area contributed by atoms with Crippen molar-refractivity contribution in [2.45, 2.75) is 37.6 Å². The normalized spacial score (nSPS) is 22.6. The second-order valence-electron chi connectivity index (χ2n) is 7.94. The Balaban J connectivity index is 1.71. The van der Waals surface area contributed by atoms with E-state index in [2.05, 4.69) is 6.08 Å². The van der Waals surface area contributed by atoms with Crippen LogP contribution in [-0.4, -0.2) is 36.2 Å². The van der Waals surface area contributed by atoms with Crippen molar-refractivity contribution in [1.29, 1.82) is 0 Å². The Bertz CT molecular complexity index is 996. The van der Waals surface area contributed by atoms with Gasteiger partial charge in [-0.25, -0.2) is 5.01 Å². The average Bonchev–Trinajstić information content (AvgIpc) is 3.19. The topological polar surface area (TPSA) is 51.1 Å². The Hall–Kier alpha value is -2.79. The van der Waals surface area contributed by atoms with Crippen LogP contribution in [0.2, 0.25) is 0 Å². The van der Waals surface area contributed by atoms with Gasteiger partial charge < -0.3 is 9.47 Å². The fourth-order valence-corrected chi connectivity index (χ4v) is 4.50. The molecule has 3 atom stereocenters. The van der Waals surface area contributed by atoms with E-state index >= 15 is 0 Å². The van der Waals surface area contributed by atoms with E-state index in [4.69, 9.17) is 26.2 Å². The summed E-state index contributed by atoms with van der Waals surface area (Å²) in [6, 6.07) is 15.7. The lowest BCUT2D eigenvalue weighted by atomic mass is 9.77. The molecule has 31 heavy (non-hydrogen) atoms. The van der Waals surface area contributed by atoms with Crippen LogP contribution in [0.5, 0.6) is 11.5 Å². The summed E-state index contributed by atoms with van der Waals surface area (Å²) in [6.45, 7) is 1.70. The van der Waals surface area contributed by atoms with Gasteiger partial charge in [0.15, 0.2) is 0 Å². The van der Waals surface area contributed by atoms with Gasteiger partial charge in [0.25, 0.3) is 5.91 Å². The quantitative estimate of drug-likeness (QED) is 0.583. The van der Waals surface area contributed by atoms with Crippen molar-refractivity contribution >= 4 is 29.3 Å². The highest BCUT2D eigenvalue weighted by atomic mass is 35.5. The van der Waals surface area contributed by atoms with Gasteiger partial charge in [-0.3, -0.25) is 4.79 Å². The summed E-state index contributed by atoms with van der Waals surface area (Å²) in [6.07, 6.45) is 5.15. The van der Waals surface area contributed by atoms with Gasteiger partial charge in [-0.15, -0.1) is 11.6 Å². The number of alkyl halides is 1. The fraction of sp³-hybridized carbons (Fsp3) is 0.360. The number of carbonyl (C=O) groups excluding carboxylic acids is 1. The molecule has 5 nitrogen and oxygen atoms in total. The van der Waals surface area contributed by atoms with Gasteiger partial charge in [0.2, 0.25) is 0 Å². The van der Waals surface area contributed by atoms with Crippen LogP contribution in [0.1, 0.15) is 43.4 Å². The molecule has 162 valence electrons. The van der Waals surface area contributed by atoms with Gasteiger partial charge in [0, 0.05) is 5.92 Å². The molecular weight excluding hydrogens is 412 g/mol. The molecule has 1 saturated carbocycles. The van der Waals surface area contributed by atoms with Crippen molar-refractivity contribution in [1.82, 2.24) is 5.01 Å². The van der Waals surface area contributed by atoms with Gasteiger partial charge in [-0.1, -0.05) is 24.3 Å². The number of carbonyl (C=O) groups is 1. The molecule has 1 amide bonds. The second-order valence-corrected chi connectivity index (χ2v) is 8.60. The Morgan fingerprint density at radius 3 is 2.29 bits per heavy atom. The summed E-state index contributed by atoms with van der Waals surface area (Å²) in [5.74, 6) is 1.59. The molecule has 1 aliphatic carbocycles. The van der Waals surface area contributed by atoms with Gasteiger partial charge in [-0.05, 0) is 73.2 Å². The maximum absolute atomic E-state index is 13.0. The monoisotopic (exact) mass is 438 g/mol. The predicted molar refractivity (Wildman–Crippen MR) is 124 cm³/mol. The van der Waals surface area contributed by atoms with Crippen molar-refractivity contribution in [3.63, 3.8) is 0 Å². The summed E-state index contributed by atoms with van der Waals surface area (Å²) in [4.78, 5) is 13.0. The number of rotatable bonds is 5. The Morgan fingerprint density at radius 1 is 1.10 bits per heavy atom. The van der Waals surface area contributed by atoms with E-state index in [-0.39, 0.29) is 17.9 Å². The molecule has 0 aromatic heterocycles. The molecule has 2 aliphatic rings. The lowest BCUT2D eigenvalue weighted by Gasteiger charge is -2.30. The van der Waals surface area contributed by atoms with Crippen LogP contribution in [0, 0.1) is 5.92 Å². The average molecular weight is 439 g/mol. The number of hydrazone groups is 1. The Morgan fingerprint density at radius 2 is 1.71 bits per heavy atom. The number of amides is 1. The van der Waals surface area contributed by atoms with Crippen molar-refractivity contribution in [3.05, 3.63) is 65.2 Å². The van der Waals surface area contributed by atoms with Crippen LogP contribution in [0.25, 0.3) is 6.08 Å². The van der Waals surface area contributed by atoms with Crippen LogP contribution >= 0.6 is 11.6 Å². The van der Waals surface area contributed by atoms with Crippen molar-refractivity contribution in [3.8, 4) is 11.5 Å². The van der Waals surface area contributed by atoms with E-state index in [1.165, 1.54) is 5.57 Å². The third kappa shape index (κ3) is 4.33. The molecule has 6 heteroatoms. The molecule has 0 bridgehead atoms. The number of nitrogens with zero attached hydrogens (tertiary/aromatic N) is 2. The Kier molecular flexibility index (Phi) is 6.33. The van der Waals surface area contributed by atoms with E-state index < -0.39 is 5.38 Å². The molecule has 2 aromatic carbocycles. The number of methoxy groups -OCH3 is 2. The van der Waals surface area contributed by atoms with E-state index in [1.54, 1.807) is 26.2 Å². The summed E-state index contributed by atoms with van der Waals surface area (Å²) < 4.78 is 10.6. The molecule has 0 radical (unpaired) electrons. The first kappa shape index (κ1) is 21.4. The summed E-state index contributed by atoms with van der Waals surface area (Å²) in [5, 5.41) is 5.80. The van der Waals surface area contributed by atoms with Gasteiger partial charge in [0.05, 0.1) is 26.0 Å². The fourth-order valence-electron chi connectivity index (χ4n) is 4.40. The smallest absolute Gasteiger partial charge is 0.261 e. The standard InChI is InChI=1S/C25H27ClN2O3/c1-16(26)25(29)28-24(18-9-13-21(31-3)14-10-18)22-6-4-5-19(23(22)27-28)15-17-7-11-20(30-2)12-8-17/h7-16,22,24H,4-6H2,1-3H3/t16-,22+,24-/m0/s1. The van der Waals surface area contributed by atoms with E-state index in [9.17, 15) is 4.79 Å². The number of halogens is 1. The minimum atomic E-state index is -0.640. The molecule has 0 N–H and O–H groups in total. The zero-order valence-electron chi connectivity index (χ0n) is 18.0. The molecule has 4 rings (SSSR count). The third-order valence-corrected chi connectivity index (χ3v) is 6.17. The van der Waals surface area contributed by atoms with Crippen molar-refractivity contribution < 1.29 is 14.3 Å². The minimum absolute atomic E-state index is 0.144. The first-order valence-corrected chi connectivity index (χ1v) is 11.0. The first-order chi connectivity index (χ1) is 15.0. The summed E-state index contributed by atoms with van der Waals surface area (Å²) >= 11 is 6.19. The molecule has 1 fully saturated rings. The Labute approximate surface area is 188 Å². The number of ether oxygens (including phenoxy) is 2. The summed E-state index contributed by atoms with van der Waals surface area (Å²) in [5.41, 5.74) is 4.31. The number of hydrogen-bond donors (Lipinski definition) is 0. The van der Waals surface area contributed by atoms with Crippen molar-refractivity contribution in [2.24, 2.45) is 11.0 Å². The van der Waals surface area contributed by atoms with Crippen LogP contribution in [0.4, 0.5) is 0 Å². The summed E-state index contributed by atoms with van der Waals surface area (Å²) in [7, 11) is 3.31. The van der Waals surface area contributed by atoms with E-state index in [1.807, 2.05) is 48.5 Å². The zero-order chi connectivity index (χ0) is 22.0. The first-order valence-electron chi connectivity index (χ1n) is 10.6. The zero-order valence-corrected chi connectivity index (χ0v) is 18.8. The van der Waals surface area contributed by atoms with Crippen LogP contribution in [0.15, 0.2) is 59.2 Å². The number of allylic oxidation sites excluding steroid dienone is 1. The van der Waals surface area contributed by atoms with Gasteiger partial charge in [-0.2, -0.15) is 5.10 Å². The minimum Gasteiger partial charge on any atom is -0.497 e. The molecule has 2 aromatic rings. The molecule has 1 heterocycles. The maximum Gasteiger partial charge on any atom is 0.261 e. The van der Waals surface area contributed by atoms with Gasteiger partial charge >= 0.3 is 0 Å². The maximum atomic E-state index is 13.0. The third-order valence-electron chi connectivity index (χ3n) is 5.98. The predicted octanol–water partition coefficient (Wildman–Crippen LogP) is 5.45. The van der Waals surface area contributed by atoms with E-state index in [0.29, 0.717) is 0 Å². The lowest BCUT2D eigenvalue weighted by molar-refractivity contribution is -0.132. The van der Waals surface area contributed by atoms with Crippen LogP contribution in [-0.2, 0) is 4.79 Å². The highest BCUT2D eigenvalue weighted by Crippen LogP contribution is 2.45. The number of fused-ring (bicyclic) bond motifs is 1. The van der Waals surface area contributed by atoms with Crippen LogP contribution in [0.3, 0.4) is 0 Å². The van der Waals surface area contributed by atoms with E-state index in [0.717, 1.165) is 47.6 Å². The molecule has 1 aliphatic heterocycles. The lowest BCUT2D eigenvalue weighted by Crippen LogP contribution is -2.35. The molecule has 0 spiro atoms. The molecule has 0 unspecified atom stereocenters. The SMILES string of the molecule is COc1ccc(C=C2CCC[C@@H]3C2=NN(C(=O)[C@H](C)Cl)[C@H]3c2ccc(OC)cc2)cc1. The second kappa shape index (κ2) is 9.15. The largest absolute Gasteiger partial charge is 0.497 e. The van der Waals surface area contributed by atoms with Crippen LogP contribution < -0.4 is 9.47 Å². The highest BCUT2D eigenvalue weighted by Gasteiger charge is 2.44.